The van der Waals surface area contributed by atoms with E-state index in [4.69, 9.17) is 4.74 Å². The summed E-state index contributed by atoms with van der Waals surface area (Å²) in [6.07, 6.45) is 7.34. The van der Waals surface area contributed by atoms with E-state index in [-0.39, 0.29) is 12.0 Å². The van der Waals surface area contributed by atoms with E-state index in [2.05, 4.69) is 5.32 Å². The molecule has 2 aliphatic rings. The van der Waals surface area contributed by atoms with Crippen LogP contribution in [0.5, 0.6) is 0 Å². The molecule has 0 heterocycles. The molecule has 1 unspecified atom stereocenters. The number of hydrogen-bond acceptors (Lipinski definition) is 3. The molecule has 0 saturated heterocycles. The Morgan fingerprint density at radius 3 is 2.43 bits per heavy atom. The van der Waals surface area contributed by atoms with Crippen LogP contribution in [0.25, 0.3) is 0 Å². The summed E-state index contributed by atoms with van der Waals surface area (Å²) in [6, 6.07) is 0.551. The predicted octanol–water partition coefficient (Wildman–Crippen LogP) is 1.47. The van der Waals surface area contributed by atoms with Crippen molar-refractivity contribution in [3.63, 3.8) is 0 Å². The number of carbonyl (C=O) groups is 1. The fourth-order valence-electron chi connectivity index (χ4n) is 2.32. The molecule has 3 nitrogen and oxygen atoms in total. The van der Waals surface area contributed by atoms with Crippen LogP contribution in [0.2, 0.25) is 0 Å². The molecule has 0 aliphatic heterocycles. The molecule has 1 atom stereocenters. The summed E-state index contributed by atoms with van der Waals surface area (Å²) in [4.78, 5) is 11.6. The first-order chi connectivity index (χ1) is 6.81. The molecule has 0 radical (unpaired) electrons. The van der Waals surface area contributed by atoms with Gasteiger partial charge in [0, 0.05) is 6.04 Å². The van der Waals surface area contributed by atoms with Gasteiger partial charge in [0.15, 0.2) is 0 Å². The minimum Gasteiger partial charge on any atom is -0.468 e. The number of methoxy groups -OCH3 is 1. The van der Waals surface area contributed by atoms with Gasteiger partial charge in [-0.15, -0.1) is 0 Å². The average Bonchev–Trinajstić information content (AvgIpc) is 2.86. The molecule has 0 aromatic rings. The molecule has 0 spiro atoms. The molecular formula is C11H19NO2. The fraction of sp³-hybridized carbons (Fsp3) is 0.909. The summed E-state index contributed by atoms with van der Waals surface area (Å²) < 4.78 is 4.85. The summed E-state index contributed by atoms with van der Waals surface area (Å²) in [5, 5.41) is 3.41. The number of hydrogen-bond donors (Lipinski definition) is 1. The highest BCUT2D eigenvalue weighted by atomic mass is 16.5. The lowest BCUT2D eigenvalue weighted by atomic mass is 9.98. The lowest BCUT2D eigenvalue weighted by molar-refractivity contribution is -0.144. The maximum atomic E-state index is 11.6. The van der Waals surface area contributed by atoms with Crippen LogP contribution in [-0.4, -0.2) is 25.2 Å². The third kappa shape index (κ3) is 2.27. The highest BCUT2D eigenvalue weighted by molar-refractivity contribution is 5.76. The van der Waals surface area contributed by atoms with Crippen molar-refractivity contribution in [1.82, 2.24) is 5.32 Å². The van der Waals surface area contributed by atoms with Gasteiger partial charge in [0.25, 0.3) is 0 Å². The van der Waals surface area contributed by atoms with Crippen LogP contribution in [0.1, 0.15) is 38.5 Å². The van der Waals surface area contributed by atoms with Crippen LogP contribution in [-0.2, 0) is 9.53 Å². The van der Waals surface area contributed by atoms with Crippen LogP contribution in [0, 0.1) is 5.92 Å². The molecule has 2 fully saturated rings. The van der Waals surface area contributed by atoms with Crippen LogP contribution >= 0.6 is 0 Å². The summed E-state index contributed by atoms with van der Waals surface area (Å²) in [5.41, 5.74) is 0. The van der Waals surface area contributed by atoms with Gasteiger partial charge in [0.05, 0.1) is 7.11 Å². The lowest BCUT2D eigenvalue weighted by Gasteiger charge is -2.22. The Bertz CT molecular complexity index is 207. The maximum Gasteiger partial charge on any atom is 0.323 e. The summed E-state index contributed by atoms with van der Waals surface area (Å²) in [5.74, 6) is 0.451. The minimum absolute atomic E-state index is 0.0324. The average molecular weight is 197 g/mol. The molecule has 2 rings (SSSR count). The van der Waals surface area contributed by atoms with Gasteiger partial charge in [0.1, 0.15) is 6.04 Å². The van der Waals surface area contributed by atoms with Crippen LogP contribution in [0.15, 0.2) is 0 Å². The van der Waals surface area contributed by atoms with Crippen LogP contribution < -0.4 is 5.32 Å². The van der Waals surface area contributed by atoms with Gasteiger partial charge in [-0.25, -0.2) is 0 Å². The zero-order valence-electron chi connectivity index (χ0n) is 8.79. The van der Waals surface area contributed by atoms with E-state index in [1.807, 2.05) is 0 Å². The SMILES string of the molecule is COC(=O)C(NC1CC1)C1CCCC1. The van der Waals surface area contributed by atoms with E-state index in [1.165, 1.54) is 45.6 Å². The van der Waals surface area contributed by atoms with Crippen LogP contribution in [0.4, 0.5) is 0 Å². The summed E-state index contributed by atoms with van der Waals surface area (Å²) in [6.45, 7) is 0. The van der Waals surface area contributed by atoms with Gasteiger partial charge in [-0.2, -0.15) is 0 Å². The Morgan fingerprint density at radius 1 is 1.29 bits per heavy atom. The normalized spacial score (nSPS) is 24.9. The molecule has 0 aromatic heterocycles. The first kappa shape index (κ1) is 9.97. The van der Waals surface area contributed by atoms with E-state index in [1.54, 1.807) is 0 Å². The van der Waals surface area contributed by atoms with Gasteiger partial charge in [-0.3, -0.25) is 4.79 Å². The van der Waals surface area contributed by atoms with Crippen molar-refractivity contribution < 1.29 is 9.53 Å². The lowest BCUT2D eigenvalue weighted by Crippen LogP contribution is -2.43. The molecular weight excluding hydrogens is 178 g/mol. The predicted molar refractivity (Wildman–Crippen MR) is 53.9 cm³/mol. The number of rotatable bonds is 4. The Labute approximate surface area is 85.2 Å². The fourth-order valence-corrected chi connectivity index (χ4v) is 2.32. The first-order valence-corrected chi connectivity index (χ1v) is 5.65. The molecule has 14 heavy (non-hydrogen) atoms. The Kier molecular flexibility index (Phi) is 3.06. The van der Waals surface area contributed by atoms with Gasteiger partial charge in [0.2, 0.25) is 0 Å². The second kappa shape index (κ2) is 4.30. The zero-order valence-corrected chi connectivity index (χ0v) is 8.79. The molecule has 80 valence electrons. The Morgan fingerprint density at radius 2 is 1.93 bits per heavy atom. The molecule has 1 N–H and O–H groups in total. The van der Waals surface area contributed by atoms with Crippen molar-refractivity contribution in [3.05, 3.63) is 0 Å². The van der Waals surface area contributed by atoms with E-state index in [9.17, 15) is 4.79 Å². The molecule has 0 aromatic carbocycles. The van der Waals surface area contributed by atoms with Gasteiger partial charge >= 0.3 is 5.97 Å². The number of nitrogens with one attached hydrogen (secondary N) is 1. The highest BCUT2D eigenvalue weighted by Crippen LogP contribution is 2.30. The monoisotopic (exact) mass is 197 g/mol. The molecule has 0 bridgehead atoms. The number of carbonyl (C=O) groups excluding carboxylic acids is 1. The van der Waals surface area contributed by atoms with Crippen molar-refractivity contribution in [2.75, 3.05) is 7.11 Å². The largest absolute Gasteiger partial charge is 0.468 e. The van der Waals surface area contributed by atoms with E-state index >= 15 is 0 Å². The van der Waals surface area contributed by atoms with Crippen molar-refractivity contribution in [2.24, 2.45) is 5.92 Å². The molecule has 2 saturated carbocycles. The second-order valence-corrected chi connectivity index (χ2v) is 4.49. The zero-order chi connectivity index (χ0) is 9.97. The van der Waals surface area contributed by atoms with Crippen molar-refractivity contribution in [1.29, 1.82) is 0 Å². The van der Waals surface area contributed by atoms with Gasteiger partial charge in [-0.05, 0) is 31.6 Å². The van der Waals surface area contributed by atoms with E-state index < -0.39 is 0 Å². The third-order valence-corrected chi connectivity index (χ3v) is 3.32. The van der Waals surface area contributed by atoms with E-state index in [0.717, 1.165) is 0 Å². The number of ether oxygens (including phenoxy) is 1. The second-order valence-electron chi connectivity index (χ2n) is 4.49. The maximum absolute atomic E-state index is 11.6. The quantitative estimate of drug-likeness (QED) is 0.694. The van der Waals surface area contributed by atoms with Crippen LogP contribution in [0.3, 0.4) is 0 Å². The topological polar surface area (TPSA) is 38.3 Å². The summed E-state index contributed by atoms with van der Waals surface area (Å²) >= 11 is 0. The molecule has 2 aliphatic carbocycles. The molecule has 3 heteroatoms. The third-order valence-electron chi connectivity index (χ3n) is 3.32. The van der Waals surface area contributed by atoms with Crippen molar-refractivity contribution in [3.8, 4) is 0 Å². The van der Waals surface area contributed by atoms with Gasteiger partial charge < -0.3 is 10.1 Å². The first-order valence-electron chi connectivity index (χ1n) is 5.65. The minimum atomic E-state index is -0.0659. The number of esters is 1. The van der Waals surface area contributed by atoms with Crippen molar-refractivity contribution >= 4 is 5.97 Å². The standard InChI is InChI=1S/C11H19NO2/c1-14-11(13)10(12-9-6-7-9)8-4-2-3-5-8/h8-10,12H,2-7H2,1H3. The Balaban J connectivity index is 1.92. The van der Waals surface area contributed by atoms with Crippen molar-refractivity contribution in [2.45, 2.75) is 50.6 Å². The molecule has 0 amide bonds. The Hall–Kier alpha value is -0.570. The summed E-state index contributed by atoms with van der Waals surface area (Å²) in [7, 11) is 1.48. The van der Waals surface area contributed by atoms with E-state index in [0.29, 0.717) is 12.0 Å². The van der Waals surface area contributed by atoms with Gasteiger partial charge in [-0.1, -0.05) is 12.8 Å². The smallest absolute Gasteiger partial charge is 0.323 e. The highest BCUT2D eigenvalue weighted by Gasteiger charge is 2.35.